The van der Waals surface area contributed by atoms with Crippen LogP contribution in [-0.4, -0.2) is 5.97 Å². The Hall–Kier alpha value is -1.27. The molecule has 0 saturated heterocycles. The Morgan fingerprint density at radius 3 is 2.62 bits per heavy atom. The molecule has 3 nitrogen and oxygen atoms in total. The smallest absolute Gasteiger partial charge is 0.310 e. The van der Waals surface area contributed by atoms with Gasteiger partial charge in [-0.25, -0.2) is 0 Å². The number of hydrogen-bond acceptors (Lipinski definition) is 3. The molecule has 0 radical (unpaired) electrons. The third kappa shape index (κ3) is 4.63. The molecule has 0 spiro atoms. The number of aryl methyl sites for hydroxylation is 2. The van der Waals surface area contributed by atoms with Gasteiger partial charge in [-0.15, -0.1) is 0 Å². The molecule has 2 aromatic rings. The fourth-order valence-corrected chi connectivity index (χ4v) is 3.18. The molecule has 0 atom stereocenters. The summed E-state index contributed by atoms with van der Waals surface area (Å²) in [5.41, 5.74) is 3.20. The fourth-order valence-electron chi connectivity index (χ4n) is 2.31. The van der Waals surface area contributed by atoms with E-state index in [0.29, 0.717) is 22.9 Å². The second kappa shape index (κ2) is 8.72. The third-order valence-corrected chi connectivity index (χ3v) is 5.04. The fraction of sp³-hybridized carbons (Fsp3) is 0.316. The summed E-state index contributed by atoms with van der Waals surface area (Å²) < 4.78 is 12.3. The average molecular weight is 459 g/mol. The van der Waals surface area contributed by atoms with Gasteiger partial charge in [0.15, 0.2) is 0 Å². The summed E-state index contributed by atoms with van der Waals surface area (Å²) in [4.78, 5) is 11.6. The molecule has 0 N–H and O–H groups in total. The van der Waals surface area contributed by atoms with Crippen LogP contribution in [-0.2, 0) is 17.8 Å². The predicted molar refractivity (Wildman–Crippen MR) is 105 cm³/mol. The van der Waals surface area contributed by atoms with Gasteiger partial charge in [0.2, 0.25) is 0 Å². The summed E-state index contributed by atoms with van der Waals surface area (Å²) in [7, 11) is 0. The zero-order chi connectivity index (χ0) is 17.7. The van der Waals surface area contributed by atoms with Crippen LogP contribution in [0.25, 0.3) is 0 Å². The van der Waals surface area contributed by atoms with E-state index in [0.717, 1.165) is 21.1 Å². The van der Waals surface area contributed by atoms with E-state index in [1.807, 2.05) is 31.2 Å². The molecule has 0 unspecified atom stereocenters. The molecule has 0 saturated carbocycles. The summed E-state index contributed by atoms with van der Waals surface area (Å²) >= 11 is 8.53. The number of esters is 1. The molecule has 2 aromatic carbocycles. The van der Waals surface area contributed by atoms with E-state index in [1.165, 1.54) is 5.56 Å². The lowest BCUT2D eigenvalue weighted by Gasteiger charge is -2.15. The Morgan fingerprint density at radius 2 is 1.96 bits per heavy atom. The molecule has 0 aromatic heterocycles. The highest BCUT2D eigenvalue weighted by Crippen LogP contribution is 2.31. The lowest BCUT2D eigenvalue weighted by Crippen LogP contribution is -2.09. The average Bonchev–Trinajstić information content (AvgIpc) is 2.56. The first-order valence-electron chi connectivity index (χ1n) is 7.86. The van der Waals surface area contributed by atoms with Crippen LogP contribution in [0.15, 0.2) is 30.3 Å². The molecular formula is C19H20ClIO3. The topological polar surface area (TPSA) is 35.5 Å². The number of benzene rings is 2. The Morgan fingerprint density at radius 1 is 1.21 bits per heavy atom. The number of ether oxygens (including phenoxy) is 2. The molecule has 0 bridgehead atoms. The number of halogens is 2. The lowest BCUT2D eigenvalue weighted by atomic mass is 10.1. The summed E-state index contributed by atoms with van der Waals surface area (Å²) in [6.45, 7) is 6.20. The van der Waals surface area contributed by atoms with E-state index < -0.39 is 0 Å². The SMILES string of the molecule is CCC(=O)Oc1cccc(I)c1COc1cc(C)c(CC)cc1Cl. The van der Waals surface area contributed by atoms with Gasteiger partial charge in [-0.3, -0.25) is 4.79 Å². The first kappa shape index (κ1) is 19.1. The van der Waals surface area contributed by atoms with Crippen LogP contribution < -0.4 is 9.47 Å². The van der Waals surface area contributed by atoms with Crippen LogP contribution >= 0.6 is 34.2 Å². The molecule has 24 heavy (non-hydrogen) atoms. The summed E-state index contributed by atoms with van der Waals surface area (Å²) in [6, 6.07) is 9.49. The molecule has 0 aliphatic carbocycles. The van der Waals surface area contributed by atoms with Crippen LogP contribution in [0.1, 0.15) is 37.0 Å². The maximum Gasteiger partial charge on any atom is 0.310 e. The number of hydrogen-bond donors (Lipinski definition) is 0. The van der Waals surface area contributed by atoms with Gasteiger partial charge in [-0.05, 0) is 71.3 Å². The first-order valence-corrected chi connectivity index (χ1v) is 9.31. The molecular weight excluding hydrogens is 439 g/mol. The van der Waals surface area contributed by atoms with E-state index in [9.17, 15) is 4.79 Å². The van der Waals surface area contributed by atoms with Crippen LogP contribution in [0.5, 0.6) is 11.5 Å². The number of rotatable bonds is 6. The Balaban J connectivity index is 2.23. The van der Waals surface area contributed by atoms with Crippen molar-refractivity contribution < 1.29 is 14.3 Å². The Labute approximate surface area is 161 Å². The maximum absolute atomic E-state index is 11.6. The van der Waals surface area contributed by atoms with Crippen molar-refractivity contribution in [3.8, 4) is 11.5 Å². The van der Waals surface area contributed by atoms with Crippen molar-refractivity contribution >= 4 is 40.2 Å². The Bertz CT molecular complexity index is 744. The van der Waals surface area contributed by atoms with Gasteiger partial charge in [0.05, 0.1) is 5.02 Å². The van der Waals surface area contributed by atoms with Crippen molar-refractivity contribution in [3.05, 3.63) is 55.6 Å². The maximum atomic E-state index is 11.6. The van der Waals surface area contributed by atoms with Crippen molar-refractivity contribution in [2.75, 3.05) is 0 Å². The predicted octanol–water partition coefficient (Wildman–Crippen LogP) is 5.71. The zero-order valence-electron chi connectivity index (χ0n) is 14.0. The molecule has 5 heteroatoms. The quantitative estimate of drug-likeness (QED) is 0.316. The monoisotopic (exact) mass is 458 g/mol. The second-order valence-electron chi connectivity index (χ2n) is 5.40. The minimum atomic E-state index is -0.264. The second-order valence-corrected chi connectivity index (χ2v) is 6.96. The van der Waals surface area contributed by atoms with Crippen molar-refractivity contribution in [2.45, 2.75) is 40.2 Å². The van der Waals surface area contributed by atoms with Gasteiger partial charge in [-0.1, -0.05) is 31.5 Å². The van der Waals surface area contributed by atoms with Crippen LogP contribution in [0.3, 0.4) is 0 Å². The van der Waals surface area contributed by atoms with Gasteiger partial charge < -0.3 is 9.47 Å². The summed E-state index contributed by atoms with van der Waals surface area (Å²) in [5.74, 6) is 0.907. The first-order chi connectivity index (χ1) is 11.5. The van der Waals surface area contributed by atoms with Gasteiger partial charge >= 0.3 is 5.97 Å². The van der Waals surface area contributed by atoms with E-state index in [4.69, 9.17) is 21.1 Å². The Kier molecular flexibility index (Phi) is 6.92. The third-order valence-electron chi connectivity index (χ3n) is 3.73. The van der Waals surface area contributed by atoms with Gasteiger partial charge in [-0.2, -0.15) is 0 Å². The van der Waals surface area contributed by atoms with E-state index in [2.05, 4.69) is 29.5 Å². The van der Waals surface area contributed by atoms with Crippen molar-refractivity contribution in [1.29, 1.82) is 0 Å². The molecule has 0 amide bonds. The largest absolute Gasteiger partial charge is 0.487 e. The molecule has 0 fully saturated rings. The molecule has 0 aliphatic rings. The van der Waals surface area contributed by atoms with Gasteiger partial charge in [0.25, 0.3) is 0 Å². The molecule has 128 valence electrons. The molecule has 0 aliphatic heterocycles. The van der Waals surface area contributed by atoms with Gasteiger partial charge in [0.1, 0.15) is 18.1 Å². The minimum Gasteiger partial charge on any atom is -0.487 e. The summed E-state index contributed by atoms with van der Waals surface area (Å²) in [5, 5.41) is 0.593. The van der Waals surface area contributed by atoms with Crippen LogP contribution in [0, 0.1) is 10.5 Å². The van der Waals surface area contributed by atoms with Crippen molar-refractivity contribution in [1.82, 2.24) is 0 Å². The molecule has 2 rings (SSSR count). The highest BCUT2D eigenvalue weighted by Gasteiger charge is 2.13. The highest BCUT2D eigenvalue weighted by molar-refractivity contribution is 14.1. The van der Waals surface area contributed by atoms with Crippen LogP contribution in [0.4, 0.5) is 0 Å². The number of carbonyl (C=O) groups is 1. The minimum absolute atomic E-state index is 0.264. The van der Waals surface area contributed by atoms with E-state index >= 15 is 0 Å². The van der Waals surface area contributed by atoms with E-state index in [-0.39, 0.29) is 12.6 Å². The van der Waals surface area contributed by atoms with Crippen molar-refractivity contribution in [2.24, 2.45) is 0 Å². The van der Waals surface area contributed by atoms with Crippen molar-refractivity contribution in [3.63, 3.8) is 0 Å². The summed E-state index contributed by atoms with van der Waals surface area (Å²) in [6.07, 6.45) is 1.26. The standard InChI is InChI=1S/C19H20ClIO3/c1-4-13-10-15(20)18(9-12(13)3)23-11-14-16(21)7-6-8-17(14)24-19(22)5-2/h6-10H,4-5,11H2,1-3H3. The van der Waals surface area contributed by atoms with E-state index in [1.54, 1.807) is 13.0 Å². The normalized spacial score (nSPS) is 10.5. The highest BCUT2D eigenvalue weighted by atomic mass is 127. The molecule has 0 heterocycles. The van der Waals surface area contributed by atoms with Gasteiger partial charge in [0, 0.05) is 15.6 Å². The lowest BCUT2D eigenvalue weighted by molar-refractivity contribution is -0.134. The number of carbonyl (C=O) groups excluding carboxylic acids is 1. The zero-order valence-corrected chi connectivity index (χ0v) is 16.9. The van der Waals surface area contributed by atoms with Crippen LogP contribution in [0.2, 0.25) is 5.02 Å².